The van der Waals surface area contributed by atoms with Crippen LogP contribution in [0.4, 0.5) is 4.79 Å². The van der Waals surface area contributed by atoms with E-state index in [1.807, 2.05) is 41.4 Å². The highest BCUT2D eigenvalue weighted by molar-refractivity contribution is 5.82. The maximum absolute atomic E-state index is 12.1. The zero-order valence-electron chi connectivity index (χ0n) is 13.9. The molecule has 25 heavy (non-hydrogen) atoms. The van der Waals surface area contributed by atoms with Crippen molar-refractivity contribution in [3.05, 3.63) is 48.3 Å². The molecule has 1 aromatic carbocycles. The summed E-state index contributed by atoms with van der Waals surface area (Å²) in [5.74, 6) is 0.153. The molecule has 7 nitrogen and oxygen atoms in total. The number of amides is 3. The van der Waals surface area contributed by atoms with Crippen LogP contribution in [0, 0.1) is 0 Å². The Labute approximate surface area is 146 Å². The predicted molar refractivity (Wildman–Crippen MR) is 92.1 cm³/mol. The monoisotopic (exact) mass is 339 g/mol. The van der Waals surface area contributed by atoms with E-state index in [1.54, 1.807) is 10.9 Å². The molecule has 7 heteroatoms. The first-order chi connectivity index (χ1) is 12.2. The van der Waals surface area contributed by atoms with Crippen LogP contribution in [0.3, 0.4) is 0 Å². The van der Waals surface area contributed by atoms with Gasteiger partial charge in [0.15, 0.2) is 0 Å². The van der Waals surface area contributed by atoms with Gasteiger partial charge in [0.2, 0.25) is 5.91 Å². The summed E-state index contributed by atoms with van der Waals surface area (Å²) in [4.78, 5) is 25.9. The Morgan fingerprint density at radius 1 is 1.28 bits per heavy atom. The molecule has 1 aromatic heterocycles. The Kier molecular flexibility index (Phi) is 4.13. The molecular formula is C18H21N5O2. The summed E-state index contributed by atoms with van der Waals surface area (Å²) in [6.45, 7) is 1.06. The molecule has 2 fully saturated rings. The van der Waals surface area contributed by atoms with Crippen LogP contribution in [0.1, 0.15) is 24.8 Å². The molecule has 3 amide bonds. The van der Waals surface area contributed by atoms with Crippen molar-refractivity contribution in [2.75, 3.05) is 6.54 Å². The molecule has 130 valence electrons. The third-order valence-electron chi connectivity index (χ3n) is 4.61. The van der Waals surface area contributed by atoms with Gasteiger partial charge >= 0.3 is 6.03 Å². The summed E-state index contributed by atoms with van der Waals surface area (Å²) in [5.41, 5.74) is 1.94. The van der Waals surface area contributed by atoms with Gasteiger partial charge in [0.05, 0.1) is 11.7 Å². The second kappa shape index (κ2) is 6.58. The summed E-state index contributed by atoms with van der Waals surface area (Å²) in [6, 6.07) is 9.80. The van der Waals surface area contributed by atoms with E-state index in [9.17, 15) is 9.59 Å². The van der Waals surface area contributed by atoms with Crippen molar-refractivity contribution in [2.24, 2.45) is 0 Å². The average Bonchev–Trinajstić information content (AvgIpc) is 3.16. The van der Waals surface area contributed by atoms with Gasteiger partial charge in [0.25, 0.3) is 0 Å². The molecule has 0 spiro atoms. The van der Waals surface area contributed by atoms with Gasteiger partial charge in [-0.15, -0.1) is 0 Å². The standard InChI is InChI=1S/C18H21N5O2/c24-17-10-14(12-22(17)15-5-6-15)21-18(25)19-11-13-3-1-4-16(9-13)23-8-2-7-20-23/h1-4,7-9,14-15H,5-6,10-12H2,(H2,19,21,25)/t14-/m0/s1. The Hall–Kier alpha value is -2.83. The summed E-state index contributed by atoms with van der Waals surface area (Å²) in [6.07, 6.45) is 6.20. The number of aromatic nitrogens is 2. The highest BCUT2D eigenvalue weighted by Gasteiger charge is 2.39. The molecule has 1 atom stereocenters. The average molecular weight is 339 g/mol. The molecule has 0 bridgehead atoms. The van der Waals surface area contributed by atoms with E-state index < -0.39 is 0 Å². The Balaban J connectivity index is 1.29. The van der Waals surface area contributed by atoms with Crippen LogP contribution in [0.25, 0.3) is 5.69 Å². The number of carbonyl (C=O) groups excluding carboxylic acids is 2. The lowest BCUT2D eigenvalue weighted by Gasteiger charge is -2.16. The predicted octanol–water partition coefficient (Wildman–Crippen LogP) is 1.43. The molecule has 1 saturated carbocycles. The number of likely N-dealkylation sites (tertiary alicyclic amines) is 1. The van der Waals surface area contributed by atoms with Gasteiger partial charge in [-0.25, -0.2) is 9.48 Å². The number of hydrogen-bond acceptors (Lipinski definition) is 3. The maximum Gasteiger partial charge on any atom is 0.315 e. The molecule has 4 rings (SSSR count). The van der Waals surface area contributed by atoms with E-state index in [2.05, 4.69) is 15.7 Å². The van der Waals surface area contributed by atoms with Crippen LogP contribution in [0.5, 0.6) is 0 Å². The van der Waals surface area contributed by atoms with Crippen LogP contribution >= 0.6 is 0 Å². The Morgan fingerprint density at radius 2 is 2.16 bits per heavy atom. The van der Waals surface area contributed by atoms with E-state index in [4.69, 9.17) is 0 Å². The van der Waals surface area contributed by atoms with Crippen LogP contribution in [0.15, 0.2) is 42.7 Å². The van der Waals surface area contributed by atoms with Crippen molar-refractivity contribution in [3.8, 4) is 5.69 Å². The molecule has 2 heterocycles. The molecule has 2 aromatic rings. The third-order valence-corrected chi connectivity index (χ3v) is 4.61. The maximum atomic E-state index is 12.1. The van der Waals surface area contributed by atoms with E-state index in [1.165, 1.54) is 0 Å². The van der Waals surface area contributed by atoms with Gasteiger partial charge in [-0.3, -0.25) is 4.79 Å². The number of hydrogen-bond donors (Lipinski definition) is 2. The molecule has 1 aliphatic carbocycles. The largest absolute Gasteiger partial charge is 0.338 e. The van der Waals surface area contributed by atoms with Crippen molar-refractivity contribution >= 4 is 11.9 Å². The first-order valence-corrected chi connectivity index (χ1v) is 8.62. The molecular weight excluding hydrogens is 318 g/mol. The van der Waals surface area contributed by atoms with Crippen LogP contribution in [-0.2, 0) is 11.3 Å². The lowest BCUT2D eigenvalue weighted by atomic mass is 10.2. The van der Waals surface area contributed by atoms with Gasteiger partial charge in [0.1, 0.15) is 0 Å². The highest BCUT2D eigenvalue weighted by atomic mass is 16.2. The van der Waals surface area contributed by atoms with Crippen LogP contribution in [0.2, 0.25) is 0 Å². The van der Waals surface area contributed by atoms with Crippen molar-refractivity contribution in [1.29, 1.82) is 0 Å². The lowest BCUT2D eigenvalue weighted by molar-refractivity contribution is -0.128. The Bertz CT molecular complexity index is 770. The zero-order valence-corrected chi connectivity index (χ0v) is 13.9. The number of benzene rings is 1. The fraction of sp³-hybridized carbons (Fsp3) is 0.389. The SMILES string of the molecule is O=C(NCc1cccc(-n2cccn2)c1)N[C@H]1CC(=O)N(C2CC2)C1. The minimum Gasteiger partial charge on any atom is -0.338 e. The number of nitrogens with zero attached hydrogens (tertiary/aromatic N) is 3. The number of nitrogens with one attached hydrogen (secondary N) is 2. The van der Waals surface area contributed by atoms with Gasteiger partial charge in [-0.2, -0.15) is 5.10 Å². The van der Waals surface area contributed by atoms with E-state index in [0.29, 0.717) is 25.6 Å². The molecule has 2 N–H and O–H groups in total. The zero-order chi connectivity index (χ0) is 17.2. The van der Waals surface area contributed by atoms with E-state index in [0.717, 1.165) is 24.1 Å². The summed E-state index contributed by atoms with van der Waals surface area (Å²) in [7, 11) is 0. The first-order valence-electron chi connectivity index (χ1n) is 8.62. The highest BCUT2D eigenvalue weighted by Crippen LogP contribution is 2.30. The molecule has 0 radical (unpaired) electrons. The fourth-order valence-corrected chi connectivity index (χ4v) is 3.22. The molecule has 1 aliphatic heterocycles. The third kappa shape index (κ3) is 3.65. The molecule has 2 aliphatic rings. The second-order valence-corrected chi connectivity index (χ2v) is 6.63. The molecule has 1 saturated heterocycles. The quantitative estimate of drug-likeness (QED) is 0.865. The summed E-state index contributed by atoms with van der Waals surface area (Å²) >= 11 is 0. The number of carbonyl (C=O) groups is 2. The fourth-order valence-electron chi connectivity index (χ4n) is 3.22. The van der Waals surface area contributed by atoms with Crippen LogP contribution < -0.4 is 10.6 Å². The van der Waals surface area contributed by atoms with E-state index >= 15 is 0 Å². The van der Waals surface area contributed by atoms with Crippen molar-refractivity contribution in [1.82, 2.24) is 25.3 Å². The second-order valence-electron chi connectivity index (χ2n) is 6.63. The minimum atomic E-state index is -0.236. The van der Waals surface area contributed by atoms with Crippen molar-refractivity contribution in [2.45, 2.75) is 37.9 Å². The van der Waals surface area contributed by atoms with Gasteiger partial charge < -0.3 is 15.5 Å². The summed E-state index contributed by atoms with van der Waals surface area (Å²) in [5, 5.41) is 9.97. The van der Waals surface area contributed by atoms with Gasteiger partial charge in [0, 0.05) is 37.9 Å². The van der Waals surface area contributed by atoms with Crippen molar-refractivity contribution in [3.63, 3.8) is 0 Å². The van der Waals surface area contributed by atoms with E-state index in [-0.39, 0.29) is 18.0 Å². The van der Waals surface area contributed by atoms with Gasteiger partial charge in [-0.05, 0) is 36.6 Å². The summed E-state index contributed by atoms with van der Waals surface area (Å²) < 4.78 is 1.78. The normalized spacial score (nSPS) is 19.9. The van der Waals surface area contributed by atoms with Gasteiger partial charge in [-0.1, -0.05) is 12.1 Å². The Morgan fingerprint density at radius 3 is 2.92 bits per heavy atom. The van der Waals surface area contributed by atoms with Crippen LogP contribution in [-0.4, -0.2) is 45.2 Å². The number of rotatable bonds is 5. The first kappa shape index (κ1) is 15.7. The topological polar surface area (TPSA) is 79.3 Å². The number of urea groups is 1. The van der Waals surface area contributed by atoms with Crippen molar-refractivity contribution < 1.29 is 9.59 Å². The lowest BCUT2D eigenvalue weighted by Crippen LogP contribution is -2.43. The molecule has 0 unspecified atom stereocenters. The smallest absolute Gasteiger partial charge is 0.315 e. The minimum absolute atomic E-state index is 0.0940.